The molecular formula is C12H12ClN3O2S. The predicted molar refractivity (Wildman–Crippen MR) is 75.0 cm³/mol. The van der Waals surface area contributed by atoms with Gasteiger partial charge in [-0.15, -0.1) is 5.10 Å². The maximum Gasteiger partial charge on any atom is 0.343 e. The van der Waals surface area contributed by atoms with Crippen molar-refractivity contribution in [3.63, 3.8) is 0 Å². The van der Waals surface area contributed by atoms with Gasteiger partial charge in [-0.25, -0.2) is 9.89 Å². The van der Waals surface area contributed by atoms with E-state index in [-0.39, 0.29) is 17.2 Å². The second kappa shape index (κ2) is 6.08. The van der Waals surface area contributed by atoms with Crippen molar-refractivity contribution in [1.29, 1.82) is 0 Å². The van der Waals surface area contributed by atoms with E-state index in [1.54, 1.807) is 24.3 Å². The molecule has 0 atom stereocenters. The van der Waals surface area contributed by atoms with Gasteiger partial charge in [-0.2, -0.15) is 0 Å². The fraction of sp³-hybridized carbons (Fsp3) is 0.250. The number of H-pyrrole nitrogens is 1. The van der Waals surface area contributed by atoms with Crippen molar-refractivity contribution in [2.45, 2.75) is 18.6 Å². The largest absolute Gasteiger partial charge is 0.343 e. The van der Waals surface area contributed by atoms with Gasteiger partial charge >= 0.3 is 5.69 Å². The Hall–Kier alpha value is -1.53. The van der Waals surface area contributed by atoms with Gasteiger partial charge in [0.2, 0.25) is 0 Å². The minimum atomic E-state index is -0.268. The number of aromatic nitrogens is 3. The Morgan fingerprint density at radius 2 is 2.21 bits per heavy atom. The van der Waals surface area contributed by atoms with Crippen LogP contribution in [-0.4, -0.2) is 26.3 Å². The maximum absolute atomic E-state index is 12.0. The summed E-state index contributed by atoms with van der Waals surface area (Å²) in [6.45, 7) is 2.36. The number of Topliss-reactive ketones (excluding diaryl/α,β-unsaturated/α-hetero) is 1. The van der Waals surface area contributed by atoms with Gasteiger partial charge in [-0.1, -0.05) is 35.5 Å². The normalized spacial score (nSPS) is 10.6. The highest BCUT2D eigenvalue weighted by molar-refractivity contribution is 7.99. The first-order chi connectivity index (χ1) is 9.13. The van der Waals surface area contributed by atoms with Gasteiger partial charge in [-0.05, 0) is 19.1 Å². The van der Waals surface area contributed by atoms with Crippen LogP contribution in [0, 0.1) is 0 Å². The van der Waals surface area contributed by atoms with Crippen molar-refractivity contribution in [2.24, 2.45) is 0 Å². The summed E-state index contributed by atoms with van der Waals surface area (Å²) >= 11 is 7.17. The number of benzene rings is 1. The first-order valence-corrected chi connectivity index (χ1v) is 7.05. The van der Waals surface area contributed by atoms with E-state index >= 15 is 0 Å². The zero-order valence-corrected chi connectivity index (χ0v) is 11.8. The smallest absolute Gasteiger partial charge is 0.293 e. The molecule has 1 heterocycles. The molecule has 2 aromatic rings. The molecule has 0 saturated carbocycles. The molecule has 0 saturated heterocycles. The minimum absolute atomic E-state index is 0.0892. The van der Waals surface area contributed by atoms with E-state index in [1.807, 2.05) is 6.92 Å². The van der Waals surface area contributed by atoms with Crippen molar-refractivity contribution < 1.29 is 4.79 Å². The Bertz CT molecular complexity index is 650. The minimum Gasteiger partial charge on any atom is -0.293 e. The highest BCUT2D eigenvalue weighted by atomic mass is 35.5. The lowest BCUT2D eigenvalue weighted by Crippen LogP contribution is -2.16. The van der Waals surface area contributed by atoms with E-state index in [1.165, 1.54) is 16.3 Å². The molecule has 1 aromatic heterocycles. The third-order valence-electron chi connectivity index (χ3n) is 2.55. The van der Waals surface area contributed by atoms with Crippen LogP contribution in [0.2, 0.25) is 5.02 Å². The third kappa shape index (κ3) is 3.08. The van der Waals surface area contributed by atoms with E-state index in [9.17, 15) is 9.59 Å². The number of halogens is 1. The summed E-state index contributed by atoms with van der Waals surface area (Å²) in [5.41, 5.74) is 0.216. The lowest BCUT2D eigenvalue weighted by molar-refractivity contribution is 0.102. The number of nitrogens with zero attached hydrogens (tertiary/aromatic N) is 2. The number of nitrogens with one attached hydrogen (secondary N) is 1. The topological polar surface area (TPSA) is 67.8 Å². The number of thioether (sulfide) groups is 1. The Kier molecular flexibility index (Phi) is 4.44. The predicted octanol–water partition coefficient (Wildman–Crippen LogP) is 2.22. The Morgan fingerprint density at radius 1 is 1.47 bits per heavy atom. The third-order valence-corrected chi connectivity index (χ3v) is 3.85. The molecule has 0 fully saturated rings. The molecule has 0 amide bonds. The van der Waals surface area contributed by atoms with Gasteiger partial charge in [0.15, 0.2) is 10.9 Å². The summed E-state index contributed by atoms with van der Waals surface area (Å²) < 4.78 is 1.48. The number of hydrogen-bond acceptors (Lipinski definition) is 4. The highest BCUT2D eigenvalue weighted by Gasteiger charge is 2.13. The van der Waals surface area contributed by atoms with E-state index in [4.69, 9.17) is 11.6 Å². The van der Waals surface area contributed by atoms with Crippen LogP contribution < -0.4 is 5.69 Å². The fourth-order valence-electron chi connectivity index (χ4n) is 1.59. The van der Waals surface area contributed by atoms with Gasteiger partial charge < -0.3 is 0 Å². The van der Waals surface area contributed by atoms with E-state index in [0.29, 0.717) is 22.3 Å². The van der Waals surface area contributed by atoms with Crippen LogP contribution in [0.15, 0.2) is 34.2 Å². The second-order valence-corrected chi connectivity index (χ2v) is 5.10. The van der Waals surface area contributed by atoms with Crippen LogP contribution in [0.3, 0.4) is 0 Å². The average Bonchev–Trinajstić information content (AvgIpc) is 2.77. The molecule has 0 unspecified atom stereocenters. The molecule has 0 aliphatic heterocycles. The molecular weight excluding hydrogens is 286 g/mol. The number of hydrogen-bond donors (Lipinski definition) is 1. The zero-order chi connectivity index (χ0) is 13.8. The first-order valence-electron chi connectivity index (χ1n) is 5.69. The number of carbonyl (C=O) groups excluding carboxylic acids is 1. The number of aromatic amines is 1. The zero-order valence-electron chi connectivity index (χ0n) is 10.2. The van der Waals surface area contributed by atoms with Crippen LogP contribution in [0.4, 0.5) is 0 Å². The van der Waals surface area contributed by atoms with Gasteiger partial charge in [-0.3, -0.25) is 9.36 Å². The molecule has 1 aromatic carbocycles. The van der Waals surface area contributed by atoms with Crippen LogP contribution in [-0.2, 0) is 6.54 Å². The summed E-state index contributed by atoms with van der Waals surface area (Å²) in [6, 6.07) is 6.90. The van der Waals surface area contributed by atoms with Crippen LogP contribution in [0.1, 0.15) is 17.3 Å². The molecule has 0 bridgehead atoms. The monoisotopic (exact) mass is 297 g/mol. The number of carbonyl (C=O) groups is 1. The Morgan fingerprint density at radius 3 is 2.89 bits per heavy atom. The highest BCUT2D eigenvalue weighted by Crippen LogP contribution is 2.20. The van der Waals surface area contributed by atoms with Crippen LogP contribution in [0.25, 0.3) is 0 Å². The van der Waals surface area contributed by atoms with Crippen molar-refractivity contribution >= 4 is 29.1 Å². The Balaban J connectivity index is 2.09. The van der Waals surface area contributed by atoms with Crippen molar-refractivity contribution in [2.75, 3.05) is 5.75 Å². The molecule has 2 rings (SSSR count). The van der Waals surface area contributed by atoms with Crippen molar-refractivity contribution in [3.8, 4) is 0 Å². The SMILES string of the molecule is CCn1c(SCC(=O)c2ccccc2Cl)n[nH]c1=O. The Labute approximate surface area is 119 Å². The summed E-state index contributed by atoms with van der Waals surface area (Å²) in [5.74, 6) is 0.0994. The number of rotatable bonds is 5. The van der Waals surface area contributed by atoms with Crippen molar-refractivity contribution in [3.05, 3.63) is 45.3 Å². The lowest BCUT2D eigenvalue weighted by Gasteiger charge is -2.03. The summed E-state index contributed by atoms with van der Waals surface area (Å²) in [4.78, 5) is 23.4. The first kappa shape index (κ1) is 13.9. The van der Waals surface area contributed by atoms with E-state index in [0.717, 1.165) is 0 Å². The molecule has 0 aliphatic rings. The summed E-state index contributed by atoms with van der Waals surface area (Å²) in [6.07, 6.45) is 0. The summed E-state index contributed by atoms with van der Waals surface area (Å²) in [5, 5.41) is 7.18. The molecule has 0 radical (unpaired) electrons. The molecule has 7 heteroatoms. The average molecular weight is 298 g/mol. The van der Waals surface area contributed by atoms with E-state index < -0.39 is 0 Å². The number of ketones is 1. The molecule has 1 N–H and O–H groups in total. The molecule has 0 aliphatic carbocycles. The van der Waals surface area contributed by atoms with Crippen molar-refractivity contribution in [1.82, 2.24) is 14.8 Å². The van der Waals surface area contributed by atoms with Gasteiger partial charge in [0, 0.05) is 12.1 Å². The maximum atomic E-state index is 12.0. The quantitative estimate of drug-likeness (QED) is 0.679. The van der Waals surface area contributed by atoms with Gasteiger partial charge in [0.05, 0.1) is 10.8 Å². The standard InChI is InChI=1S/C12H12ClN3O2S/c1-2-16-11(18)14-15-12(16)19-7-10(17)8-5-3-4-6-9(8)13/h3-6H,2,7H2,1H3,(H,14,18). The second-order valence-electron chi connectivity index (χ2n) is 3.75. The fourth-order valence-corrected chi connectivity index (χ4v) is 2.72. The molecule has 5 nitrogen and oxygen atoms in total. The lowest BCUT2D eigenvalue weighted by atomic mass is 10.1. The van der Waals surface area contributed by atoms with Crippen LogP contribution in [0.5, 0.6) is 0 Å². The molecule has 0 spiro atoms. The molecule has 19 heavy (non-hydrogen) atoms. The van der Waals surface area contributed by atoms with E-state index in [2.05, 4.69) is 10.2 Å². The van der Waals surface area contributed by atoms with Crippen LogP contribution >= 0.6 is 23.4 Å². The van der Waals surface area contributed by atoms with Gasteiger partial charge in [0.25, 0.3) is 0 Å². The van der Waals surface area contributed by atoms with Gasteiger partial charge in [0.1, 0.15) is 0 Å². The summed E-state index contributed by atoms with van der Waals surface area (Å²) in [7, 11) is 0. The molecule has 100 valence electrons.